The second-order valence-corrected chi connectivity index (χ2v) is 4.47. The summed E-state index contributed by atoms with van der Waals surface area (Å²) in [5.41, 5.74) is 0.372. The summed E-state index contributed by atoms with van der Waals surface area (Å²) in [5.74, 6) is -0.0353. The van der Waals surface area contributed by atoms with E-state index in [2.05, 4.69) is 15.0 Å². The quantitative estimate of drug-likeness (QED) is 0.772. The molecule has 0 N–H and O–H groups in total. The van der Waals surface area contributed by atoms with E-state index < -0.39 is 11.6 Å². The van der Waals surface area contributed by atoms with E-state index in [1.807, 2.05) is 7.05 Å². The van der Waals surface area contributed by atoms with Gasteiger partial charge in [0.05, 0.1) is 13.1 Å². The first-order valence-electron chi connectivity index (χ1n) is 5.70. The largest absolute Gasteiger partial charge is 0.297 e. The van der Waals surface area contributed by atoms with Gasteiger partial charge in [-0.05, 0) is 19.2 Å². The molecule has 0 unspecified atom stereocenters. The zero-order chi connectivity index (χ0) is 12.7. The molecule has 0 amide bonds. The highest BCUT2D eigenvalue weighted by atomic mass is 19.1. The molecule has 1 aliphatic heterocycles. The molecule has 6 heteroatoms. The Morgan fingerprint density at radius 2 is 1.83 bits per heavy atom. The van der Waals surface area contributed by atoms with E-state index in [0.29, 0.717) is 17.9 Å². The first kappa shape index (κ1) is 11.3. The van der Waals surface area contributed by atoms with E-state index in [0.717, 1.165) is 25.0 Å². The molecule has 0 bridgehead atoms. The van der Waals surface area contributed by atoms with Crippen LogP contribution in [-0.4, -0.2) is 33.3 Å². The molecule has 0 aliphatic carbocycles. The lowest BCUT2D eigenvalue weighted by atomic mass is 10.2. The number of hydrogen-bond acceptors (Lipinski definition) is 3. The Morgan fingerprint density at radius 3 is 2.56 bits per heavy atom. The SMILES string of the molecule is CN1CCn2nc(-c3cc(F)cc(F)c3)nc2C1. The Balaban J connectivity index is 2.02. The van der Waals surface area contributed by atoms with Gasteiger partial charge in [-0.3, -0.25) is 4.90 Å². The van der Waals surface area contributed by atoms with Gasteiger partial charge in [0.2, 0.25) is 0 Å². The lowest BCUT2D eigenvalue weighted by molar-refractivity contribution is 0.254. The van der Waals surface area contributed by atoms with Crippen LogP contribution in [0.15, 0.2) is 18.2 Å². The van der Waals surface area contributed by atoms with Gasteiger partial charge in [0.25, 0.3) is 0 Å². The van der Waals surface area contributed by atoms with E-state index in [4.69, 9.17) is 0 Å². The summed E-state index contributed by atoms with van der Waals surface area (Å²) in [4.78, 5) is 6.46. The Bertz CT molecular complexity index is 574. The fourth-order valence-electron chi connectivity index (χ4n) is 2.06. The van der Waals surface area contributed by atoms with Crippen molar-refractivity contribution in [2.45, 2.75) is 13.1 Å². The molecule has 1 aliphatic rings. The van der Waals surface area contributed by atoms with Gasteiger partial charge in [0.1, 0.15) is 17.5 Å². The molecule has 0 saturated carbocycles. The molecule has 2 heterocycles. The standard InChI is InChI=1S/C12H12F2N4/c1-17-2-3-18-11(7-17)15-12(16-18)8-4-9(13)6-10(14)5-8/h4-6H,2-3,7H2,1H3. The fraction of sp³-hybridized carbons (Fsp3) is 0.333. The van der Waals surface area contributed by atoms with Gasteiger partial charge < -0.3 is 0 Å². The fourth-order valence-corrected chi connectivity index (χ4v) is 2.06. The third-order valence-corrected chi connectivity index (χ3v) is 2.97. The van der Waals surface area contributed by atoms with Crippen molar-refractivity contribution in [2.75, 3.05) is 13.6 Å². The highest BCUT2D eigenvalue weighted by Gasteiger charge is 2.18. The summed E-state index contributed by atoms with van der Waals surface area (Å²) in [6.45, 7) is 2.34. The van der Waals surface area contributed by atoms with Gasteiger partial charge in [-0.25, -0.2) is 18.4 Å². The van der Waals surface area contributed by atoms with Gasteiger partial charge in [-0.1, -0.05) is 0 Å². The first-order chi connectivity index (χ1) is 8.61. The average Bonchev–Trinajstić information content (AvgIpc) is 2.70. The van der Waals surface area contributed by atoms with Crippen LogP contribution in [0.2, 0.25) is 0 Å². The number of likely N-dealkylation sites (N-methyl/N-ethyl adjacent to an activating group) is 1. The molecule has 1 aromatic heterocycles. The molecule has 0 fully saturated rings. The van der Waals surface area contributed by atoms with Gasteiger partial charge in [0.15, 0.2) is 5.82 Å². The van der Waals surface area contributed by atoms with E-state index >= 15 is 0 Å². The van der Waals surface area contributed by atoms with E-state index in [1.54, 1.807) is 4.68 Å². The highest BCUT2D eigenvalue weighted by molar-refractivity contribution is 5.54. The second-order valence-electron chi connectivity index (χ2n) is 4.47. The van der Waals surface area contributed by atoms with Crippen molar-refractivity contribution < 1.29 is 8.78 Å². The third-order valence-electron chi connectivity index (χ3n) is 2.97. The molecule has 0 atom stereocenters. The van der Waals surface area contributed by atoms with Gasteiger partial charge in [0, 0.05) is 18.2 Å². The minimum atomic E-state index is -0.616. The van der Waals surface area contributed by atoms with Crippen molar-refractivity contribution in [1.82, 2.24) is 19.7 Å². The van der Waals surface area contributed by atoms with Gasteiger partial charge >= 0.3 is 0 Å². The van der Waals surface area contributed by atoms with Crippen molar-refractivity contribution in [3.63, 3.8) is 0 Å². The van der Waals surface area contributed by atoms with Gasteiger partial charge in [-0.2, -0.15) is 5.10 Å². The molecular formula is C12H12F2N4. The van der Waals surface area contributed by atoms with Crippen molar-refractivity contribution in [3.05, 3.63) is 35.7 Å². The Labute approximate surface area is 103 Å². The van der Waals surface area contributed by atoms with Crippen molar-refractivity contribution >= 4 is 0 Å². The van der Waals surface area contributed by atoms with Crippen LogP contribution < -0.4 is 0 Å². The number of halogens is 2. The monoisotopic (exact) mass is 250 g/mol. The second kappa shape index (κ2) is 4.13. The van der Waals surface area contributed by atoms with Crippen molar-refractivity contribution in [1.29, 1.82) is 0 Å². The van der Waals surface area contributed by atoms with E-state index in [1.165, 1.54) is 12.1 Å². The summed E-state index contributed by atoms with van der Waals surface area (Å²) in [5, 5.41) is 4.28. The summed E-state index contributed by atoms with van der Waals surface area (Å²) >= 11 is 0. The normalized spacial score (nSPS) is 15.7. The summed E-state index contributed by atoms with van der Waals surface area (Å²) in [7, 11) is 2.00. The molecule has 0 radical (unpaired) electrons. The lowest BCUT2D eigenvalue weighted by Crippen LogP contribution is -2.30. The predicted octanol–water partition coefficient (Wildman–Crippen LogP) is 1.67. The molecule has 2 aromatic rings. The molecule has 94 valence electrons. The first-order valence-corrected chi connectivity index (χ1v) is 5.70. The molecule has 3 rings (SSSR count). The zero-order valence-corrected chi connectivity index (χ0v) is 9.90. The molecule has 0 spiro atoms. The smallest absolute Gasteiger partial charge is 0.181 e. The van der Waals surface area contributed by atoms with Crippen molar-refractivity contribution in [2.24, 2.45) is 0 Å². The lowest BCUT2D eigenvalue weighted by Gasteiger charge is -2.21. The van der Waals surface area contributed by atoms with Crippen molar-refractivity contribution in [3.8, 4) is 11.4 Å². The maximum Gasteiger partial charge on any atom is 0.181 e. The van der Waals surface area contributed by atoms with Crippen LogP contribution in [0.3, 0.4) is 0 Å². The molecule has 1 aromatic carbocycles. The van der Waals surface area contributed by atoms with Crippen LogP contribution in [0.5, 0.6) is 0 Å². The number of aromatic nitrogens is 3. The number of fused-ring (bicyclic) bond motifs is 1. The number of nitrogens with zero attached hydrogens (tertiary/aromatic N) is 4. The van der Waals surface area contributed by atoms with Crippen LogP contribution in [0.4, 0.5) is 8.78 Å². The Morgan fingerprint density at radius 1 is 1.11 bits per heavy atom. The minimum Gasteiger partial charge on any atom is -0.297 e. The van der Waals surface area contributed by atoms with Gasteiger partial charge in [-0.15, -0.1) is 0 Å². The highest BCUT2D eigenvalue weighted by Crippen LogP contribution is 2.20. The van der Waals surface area contributed by atoms with Crippen LogP contribution in [0, 0.1) is 11.6 Å². The molecule has 18 heavy (non-hydrogen) atoms. The maximum absolute atomic E-state index is 13.1. The average molecular weight is 250 g/mol. The molecule has 0 saturated heterocycles. The summed E-state index contributed by atoms with van der Waals surface area (Å²) in [6.07, 6.45) is 0. The Hall–Kier alpha value is -1.82. The summed E-state index contributed by atoms with van der Waals surface area (Å²) < 4.78 is 28.1. The van der Waals surface area contributed by atoms with Crippen LogP contribution in [0.25, 0.3) is 11.4 Å². The minimum absolute atomic E-state index is 0.372. The number of rotatable bonds is 1. The third kappa shape index (κ3) is 1.99. The Kier molecular flexibility index (Phi) is 2.59. The van der Waals surface area contributed by atoms with Crippen LogP contribution in [0.1, 0.15) is 5.82 Å². The topological polar surface area (TPSA) is 34.0 Å². The number of hydrogen-bond donors (Lipinski definition) is 0. The van der Waals surface area contributed by atoms with Crippen LogP contribution >= 0.6 is 0 Å². The van der Waals surface area contributed by atoms with Crippen LogP contribution in [-0.2, 0) is 13.1 Å². The zero-order valence-electron chi connectivity index (χ0n) is 9.90. The summed E-state index contributed by atoms with van der Waals surface area (Å²) in [6, 6.07) is 3.33. The van der Waals surface area contributed by atoms with E-state index in [9.17, 15) is 8.78 Å². The molecule has 4 nitrogen and oxygen atoms in total. The number of benzene rings is 1. The predicted molar refractivity (Wildman–Crippen MR) is 61.7 cm³/mol. The molecular weight excluding hydrogens is 238 g/mol. The maximum atomic E-state index is 13.1. The van der Waals surface area contributed by atoms with E-state index in [-0.39, 0.29) is 0 Å².